The number of ether oxygens (including phenoxy) is 1. The molecule has 9 heteroatoms. The second-order valence-corrected chi connectivity index (χ2v) is 8.58. The SMILES string of the molecule is CCCS(=O)(=O)N1CCN(c2ccc(NCC3CCCO3)nn2)CC1. The van der Waals surface area contributed by atoms with Crippen molar-refractivity contribution in [1.82, 2.24) is 14.5 Å². The van der Waals surface area contributed by atoms with Gasteiger partial charge in [-0.3, -0.25) is 0 Å². The van der Waals surface area contributed by atoms with Crippen molar-refractivity contribution in [2.45, 2.75) is 32.3 Å². The number of hydrogen-bond acceptors (Lipinski definition) is 7. The number of rotatable bonds is 7. The van der Waals surface area contributed by atoms with E-state index in [1.54, 1.807) is 4.31 Å². The van der Waals surface area contributed by atoms with Crippen molar-refractivity contribution in [3.63, 3.8) is 0 Å². The average Bonchev–Trinajstić information content (AvgIpc) is 3.14. The summed E-state index contributed by atoms with van der Waals surface area (Å²) >= 11 is 0. The van der Waals surface area contributed by atoms with Crippen molar-refractivity contribution >= 4 is 21.7 Å². The van der Waals surface area contributed by atoms with E-state index >= 15 is 0 Å². The van der Waals surface area contributed by atoms with E-state index in [1.165, 1.54) is 0 Å². The van der Waals surface area contributed by atoms with E-state index in [1.807, 2.05) is 19.1 Å². The van der Waals surface area contributed by atoms with Crippen molar-refractivity contribution in [1.29, 1.82) is 0 Å². The van der Waals surface area contributed by atoms with Gasteiger partial charge in [-0.2, -0.15) is 4.31 Å². The number of nitrogens with zero attached hydrogens (tertiary/aromatic N) is 4. The Labute approximate surface area is 149 Å². The summed E-state index contributed by atoms with van der Waals surface area (Å²) in [5.74, 6) is 1.75. The highest BCUT2D eigenvalue weighted by atomic mass is 32.2. The van der Waals surface area contributed by atoms with Gasteiger partial charge in [0.25, 0.3) is 0 Å². The third kappa shape index (κ3) is 4.80. The van der Waals surface area contributed by atoms with Crippen LogP contribution >= 0.6 is 0 Å². The number of anilines is 2. The van der Waals surface area contributed by atoms with Crippen LogP contribution in [-0.4, -0.2) is 74.1 Å². The first-order valence-electron chi connectivity index (χ1n) is 9.00. The van der Waals surface area contributed by atoms with Gasteiger partial charge < -0.3 is 15.0 Å². The Morgan fingerprint density at radius 2 is 2.04 bits per heavy atom. The normalized spacial score (nSPS) is 22.3. The quantitative estimate of drug-likeness (QED) is 0.765. The van der Waals surface area contributed by atoms with Crippen LogP contribution in [0.15, 0.2) is 12.1 Å². The van der Waals surface area contributed by atoms with Gasteiger partial charge in [-0.15, -0.1) is 10.2 Å². The van der Waals surface area contributed by atoms with Crippen LogP contribution in [0.5, 0.6) is 0 Å². The molecule has 1 atom stereocenters. The fraction of sp³-hybridized carbons (Fsp3) is 0.750. The van der Waals surface area contributed by atoms with Gasteiger partial charge in [0.1, 0.15) is 5.82 Å². The summed E-state index contributed by atoms with van der Waals surface area (Å²) in [6, 6.07) is 3.85. The molecule has 0 saturated carbocycles. The Morgan fingerprint density at radius 3 is 2.64 bits per heavy atom. The van der Waals surface area contributed by atoms with Gasteiger partial charge in [-0.05, 0) is 31.4 Å². The molecule has 140 valence electrons. The molecule has 2 saturated heterocycles. The van der Waals surface area contributed by atoms with E-state index in [2.05, 4.69) is 20.4 Å². The molecule has 3 heterocycles. The second kappa shape index (κ2) is 8.29. The van der Waals surface area contributed by atoms with E-state index in [0.29, 0.717) is 32.6 Å². The Morgan fingerprint density at radius 1 is 1.24 bits per heavy atom. The van der Waals surface area contributed by atoms with Gasteiger partial charge in [0, 0.05) is 39.3 Å². The molecule has 25 heavy (non-hydrogen) atoms. The molecule has 2 aliphatic heterocycles. The van der Waals surface area contributed by atoms with Gasteiger partial charge >= 0.3 is 0 Å². The Balaban J connectivity index is 1.50. The Hall–Kier alpha value is -1.45. The predicted octanol–water partition coefficient (Wildman–Crippen LogP) is 0.929. The van der Waals surface area contributed by atoms with Crippen LogP contribution in [0.2, 0.25) is 0 Å². The summed E-state index contributed by atoms with van der Waals surface area (Å²) in [4.78, 5) is 2.08. The second-order valence-electron chi connectivity index (χ2n) is 6.49. The van der Waals surface area contributed by atoms with Gasteiger partial charge in [0.05, 0.1) is 11.9 Å². The smallest absolute Gasteiger partial charge is 0.214 e. The van der Waals surface area contributed by atoms with Gasteiger partial charge in [-0.1, -0.05) is 6.92 Å². The number of aromatic nitrogens is 2. The van der Waals surface area contributed by atoms with E-state index in [-0.39, 0.29) is 11.9 Å². The van der Waals surface area contributed by atoms with E-state index in [9.17, 15) is 8.42 Å². The zero-order valence-electron chi connectivity index (χ0n) is 14.7. The van der Waals surface area contributed by atoms with Gasteiger partial charge in [0.2, 0.25) is 10.0 Å². The highest BCUT2D eigenvalue weighted by Crippen LogP contribution is 2.17. The van der Waals surface area contributed by atoms with E-state index in [4.69, 9.17) is 4.74 Å². The van der Waals surface area contributed by atoms with Crippen LogP contribution in [-0.2, 0) is 14.8 Å². The lowest BCUT2D eigenvalue weighted by atomic mass is 10.2. The molecule has 0 amide bonds. The summed E-state index contributed by atoms with van der Waals surface area (Å²) in [7, 11) is -3.11. The number of hydrogen-bond donors (Lipinski definition) is 1. The molecule has 0 spiro atoms. The van der Waals surface area contributed by atoms with Gasteiger partial charge in [0.15, 0.2) is 5.82 Å². The average molecular weight is 369 g/mol. The Bertz CT molecular complexity index is 638. The predicted molar refractivity (Wildman–Crippen MR) is 97.4 cm³/mol. The first-order valence-corrected chi connectivity index (χ1v) is 10.6. The topological polar surface area (TPSA) is 87.7 Å². The Kier molecular flexibility index (Phi) is 6.08. The summed E-state index contributed by atoms with van der Waals surface area (Å²) in [6.45, 7) is 5.77. The maximum atomic E-state index is 12.1. The van der Waals surface area contributed by atoms with Gasteiger partial charge in [-0.25, -0.2) is 8.42 Å². The standard InChI is InChI=1S/C16H27N5O3S/c1-2-12-25(22,23)21-9-7-20(8-10-21)16-6-5-15(18-19-16)17-13-14-4-3-11-24-14/h5-6,14H,2-4,7-13H2,1H3,(H,17,18). The van der Waals surface area contributed by atoms with Crippen LogP contribution in [0.4, 0.5) is 11.6 Å². The third-order valence-corrected chi connectivity index (χ3v) is 6.68. The molecule has 1 aromatic heterocycles. The molecule has 1 unspecified atom stereocenters. The van der Waals surface area contributed by atoms with Crippen molar-refractivity contribution < 1.29 is 13.2 Å². The minimum absolute atomic E-state index is 0.220. The molecule has 2 fully saturated rings. The van der Waals surface area contributed by atoms with Crippen LogP contribution in [0.25, 0.3) is 0 Å². The maximum Gasteiger partial charge on any atom is 0.214 e. The van der Waals surface area contributed by atoms with Crippen LogP contribution in [0.3, 0.4) is 0 Å². The molecule has 2 aliphatic rings. The highest BCUT2D eigenvalue weighted by Gasteiger charge is 2.26. The largest absolute Gasteiger partial charge is 0.376 e. The fourth-order valence-electron chi connectivity index (χ4n) is 3.19. The van der Waals surface area contributed by atoms with Crippen LogP contribution in [0.1, 0.15) is 26.2 Å². The van der Waals surface area contributed by atoms with Crippen LogP contribution < -0.4 is 10.2 Å². The molecule has 0 aromatic carbocycles. The van der Waals surface area contributed by atoms with Crippen molar-refractivity contribution in [2.24, 2.45) is 0 Å². The lowest BCUT2D eigenvalue weighted by Crippen LogP contribution is -2.49. The zero-order chi connectivity index (χ0) is 17.7. The molecular formula is C16H27N5O3S. The number of nitrogens with one attached hydrogen (secondary N) is 1. The van der Waals surface area contributed by atoms with E-state index < -0.39 is 10.0 Å². The van der Waals surface area contributed by atoms with Crippen molar-refractivity contribution in [2.75, 3.05) is 55.3 Å². The minimum Gasteiger partial charge on any atom is -0.376 e. The molecule has 1 aromatic rings. The summed E-state index contributed by atoms with van der Waals surface area (Å²) in [5.41, 5.74) is 0. The maximum absolute atomic E-state index is 12.1. The lowest BCUT2D eigenvalue weighted by Gasteiger charge is -2.34. The first kappa shape index (κ1) is 18.3. The molecule has 3 rings (SSSR count). The monoisotopic (exact) mass is 369 g/mol. The van der Waals surface area contributed by atoms with E-state index in [0.717, 1.165) is 37.6 Å². The third-order valence-electron chi connectivity index (χ3n) is 4.60. The molecule has 1 N–H and O–H groups in total. The summed E-state index contributed by atoms with van der Waals surface area (Å²) < 4.78 is 31.4. The summed E-state index contributed by atoms with van der Waals surface area (Å²) in [5, 5.41) is 11.8. The number of sulfonamides is 1. The lowest BCUT2D eigenvalue weighted by molar-refractivity contribution is 0.120. The fourth-order valence-corrected chi connectivity index (χ4v) is 4.69. The zero-order valence-corrected chi connectivity index (χ0v) is 15.5. The van der Waals surface area contributed by atoms with Crippen LogP contribution in [0, 0.1) is 0 Å². The van der Waals surface area contributed by atoms with Crippen molar-refractivity contribution in [3.8, 4) is 0 Å². The molecule has 0 radical (unpaired) electrons. The molecule has 0 bridgehead atoms. The molecular weight excluding hydrogens is 342 g/mol. The number of piperazine rings is 1. The molecule has 8 nitrogen and oxygen atoms in total. The summed E-state index contributed by atoms with van der Waals surface area (Å²) in [6.07, 6.45) is 3.12. The molecule has 0 aliphatic carbocycles. The first-order chi connectivity index (χ1) is 12.1. The minimum atomic E-state index is -3.11. The highest BCUT2D eigenvalue weighted by molar-refractivity contribution is 7.89. The van der Waals surface area contributed by atoms with Crippen molar-refractivity contribution in [3.05, 3.63) is 12.1 Å².